The summed E-state index contributed by atoms with van der Waals surface area (Å²) < 4.78 is 0. The molecule has 25 heavy (non-hydrogen) atoms. The molecule has 1 aliphatic carbocycles. The molecule has 1 saturated carbocycles. The van der Waals surface area contributed by atoms with E-state index in [0.29, 0.717) is 18.7 Å². The fourth-order valence-electron chi connectivity index (χ4n) is 4.80. The van der Waals surface area contributed by atoms with Gasteiger partial charge in [0.05, 0.1) is 4.87 Å². The van der Waals surface area contributed by atoms with Crippen molar-refractivity contribution in [1.82, 2.24) is 10.2 Å². The molecule has 2 aliphatic heterocycles. The number of nitrogens with one attached hydrogen (secondary N) is 1. The molecule has 0 aromatic heterocycles. The maximum Gasteiger partial charge on any atom is 0.243 e. The Labute approximate surface area is 153 Å². The molecule has 4 rings (SSSR count). The van der Waals surface area contributed by atoms with Gasteiger partial charge in [-0.05, 0) is 31.7 Å². The third-order valence-electron chi connectivity index (χ3n) is 6.30. The lowest BCUT2D eigenvalue weighted by Gasteiger charge is -2.33. The highest BCUT2D eigenvalue weighted by molar-refractivity contribution is 8.01. The fourth-order valence-corrected chi connectivity index (χ4v) is 6.23. The van der Waals surface area contributed by atoms with Gasteiger partial charge in [-0.3, -0.25) is 9.59 Å². The number of benzene rings is 1. The number of carbonyl (C=O) groups excluding carboxylic acids is 2. The average Bonchev–Trinajstić information content (AvgIpc) is 3.31. The molecule has 2 amide bonds. The summed E-state index contributed by atoms with van der Waals surface area (Å²) in [5.41, 5.74) is 1.39. The lowest BCUT2D eigenvalue weighted by atomic mass is 9.79. The molecule has 0 spiro atoms. The van der Waals surface area contributed by atoms with Crippen LogP contribution in [0.3, 0.4) is 0 Å². The smallest absolute Gasteiger partial charge is 0.243 e. The molecule has 1 N–H and O–H groups in total. The Hall–Kier alpha value is -1.49. The summed E-state index contributed by atoms with van der Waals surface area (Å²) in [6.07, 6.45) is 6.10. The van der Waals surface area contributed by atoms with E-state index in [0.717, 1.165) is 19.3 Å². The van der Waals surface area contributed by atoms with Gasteiger partial charge >= 0.3 is 0 Å². The Bertz CT molecular complexity index is 672. The summed E-state index contributed by atoms with van der Waals surface area (Å²) in [7, 11) is 0. The maximum atomic E-state index is 12.9. The molecule has 2 atom stereocenters. The monoisotopic (exact) mass is 358 g/mol. The lowest BCUT2D eigenvalue weighted by molar-refractivity contribution is -0.138. The standard InChI is InChI=1S/C20H26N2O2S/c1-19-12-9-17(23)22(19)16(13-25-19)18(24)21-14-20(10-5-6-11-20)15-7-3-2-4-8-15/h2-4,7-8,16H,5-6,9-14H2,1H3,(H,21,24). The summed E-state index contributed by atoms with van der Waals surface area (Å²) >= 11 is 1.75. The Morgan fingerprint density at radius 1 is 1.24 bits per heavy atom. The Kier molecular flexibility index (Phi) is 4.30. The highest BCUT2D eigenvalue weighted by Crippen LogP contribution is 2.47. The van der Waals surface area contributed by atoms with Gasteiger partial charge in [-0.15, -0.1) is 11.8 Å². The minimum atomic E-state index is -0.306. The molecule has 5 heteroatoms. The van der Waals surface area contributed by atoms with E-state index in [-0.39, 0.29) is 28.1 Å². The fraction of sp³-hybridized carbons (Fsp3) is 0.600. The summed E-state index contributed by atoms with van der Waals surface area (Å²) in [5.74, 6) is 0.867. The molecule has 3 aliphatic rings. The number of carbonyl (C=O) groups is 2. The second kappa shape index (κ2) is 6.35. The molecular weight excluding hydrogens is 332 g/mol. The number of fused-ring (bicyclic) bond motifs is 1. The molecule has 1 aromatic carbocycles. The van der Waals surface area contributed by atoms with Crippen molar-refractivity contribution in [1.29, 1.82) is 0 Å². The van der Waals surface area contributed by atoms with Crippen LogP contribution in [0.15, 0.2) is 30.3 Å². The third kappa shape index (κ3) is 2.86. The van der Waals surface area contributed by atoms with Crippen LogP contribution in [0.25, 0.3) is 0 Å². The van der Waals surface area contributed by atoms with Gasteiger partial charge in [-0.2, -0.15) is 0 Å². The SMILES string of the molecule is CC12CCC(=O)N1C(C(=O)NCC1(c3ccccc3)CCCC1)CS2. The summed E-state index contributed by atoms with van der Waals surface area (Å²) in [4.78, 5) is 26.8. The topological polar surface area (TPSA) is 49.4 Å². The van der Waals surface area contributed by atoms with Gasteiger partial charge < -0.3 is 10.2 Å². The van der Waals surface area contributed by atoms with E-state index in [1.165, 1.54) is 18.4 Å². The van der Waals surface area contributed by atoms with E-state index in [1.54, 1.807) is 11.8 Å². The van der Waals surface area contributed by atoms with Crippen molar-refractivity contribution < 1.29 is 9.59 Å². The zero-order chi connectivity index (χ0) is 17.5. The zero-order valence-electron chi connectivity index (χ0n) is 14.8. The number of rotatable bonds is 4. The Morgan fingerprint density at radius 2 is 1.96 bits per heavy atom. The average molecular weight is 359 g/mol. The van der Waals surface area contributed by atoms with E-state index in [2.05, 4.69) is 36.5 Å². The van der Waals surface area contributed by atoms with Crippen molar-refractivity contribution in [2.75, 3.05) is 12.3 Å². The molecule has 2 unspecified atom stereocenters. The minimum absolute atomic E-state index is 0.0219. The molecule has 134 valence electrons. The van der Waals surface area contributed by atoms with Crippen LogP contribution in [0.5, 0.6) is 0 Å². The van der Waals surface area contributed by atoms with Crippen LogP contribution < -0.4 is 5.32 Å². The van der Waals surface area contributed by atoms with Crippen molar-refractivity contribution in [2.24, 2.45) is 0 Å². The molecule has 1 aromatic rings. The van der Waals surface area contributed by atoms with Gasteiger partial charge in [0.2, 0.25) is 11.8 Å². The maximum absolute atomic E-state index is 12.9. The van der Waals surface area contributed by atoms with E-state index >= 15 is 0 Å². The summed E-state index contributed by atoms with van der Waals surface area (Å²) in [6, 6.07) is 10.3. The quantitative estimate of drug-likeness (QED) is 0.900. The third-order valence-corrected chi connectivity index (χ3v) is 7.80. The van der Waals surface area contributed by atoms with Crippen LogP contribution in [-0.4, -0.2) is 39.9 Å². The molecule has 0 radical (unpaired) electrons. The van der Waals surface area contributed by atoms with Crippen molar-refractivity contribution >= 4 is 23.6 Å². The molecule has 2 heterocycles. The predicted octanol–water partition coefficient (Wildman–Crippen LogP) is 3.07. The van der Waals surface area contributed by atoms with Crippen molar-refractivity contribution in [2.45, 2.75) is 61.8 Å². The molecule has 4 nitrogen and oxygen atoms in total. The second-order valence-corrected chi connectivity index (χ2v) is 9.34. The van der Waals surface area contributed by atoms with Gasteiger partial charge in [-0.1, -0.05) is 43.2 Å². The van der Waals surface area contributed by atoms with Crippen LogP contribution in [0.2, 0.25) is 0 Å². The Morgan fingerprint density at radius 3 is 2.68 bits per heavy atom. The van der Waals surface area contributed by atoms with Crippen LogP contribution in [0.4, 0.5) is 0 Å². The van der Waals surface area contributed by atoms with E-state index < -0.39 is 0 Å². The summed E-state index contributed by atoms with van der Waals surface area (Å²) in [6.45, 7) is 2.77. The van der Waals surface area contributed by atoms with Gasteiger partial charge in [0.25, 0.3) is 0 Å². The van der Waals surface area contributed by atoms with Crippen molar-refractivity contribution in [3.8, 4) is 0 Å². The number of thioether (sulfide) groups is 1. The largest absolute Gasteiger partial charge is 0.353 e. The van der Waals surface area contributed by atoms with Crippen LogP contribution in [0, 0.1) is 0 Å². The number of amides is 2. The first-order valence-corrected chi connectivity index (χ1v) is 10.3. The van der Waals surface area contributed by atoms with Gasteiger partial charge in [0, 0.05) is 24.1 Å². The predicted molar refractivity (Wildman–Crippen MR) is 100 cm³/mol. The van der Waals surface area contributed by atoms with E-state index in [4.69, 9.17) is 0 Å². The summed E-state index contributed by atoms with van der Waals surface area (Å²) in [5, 5.41) is 3.21. The molecule has 3 fully saturated rings. The number of hydrogen-bond donors (Lipinski definition) is 1. The Balaban J connectivity index is 1.47. The van der Waals surface area contributed by atoms with Gasteiger partial charge in [0.1, 0.15) is 6.04 Å². The highest BCUT2D eigenvalue weighted by atomic mass is 32.2. The van der Waals surface area contributed by atoms with E-state index in [9.17, 15) is 9.59 Å². The van der Waals surface area contributed by atoms with Crippen LogP contribution in [0.1, 0.15) is 51.0 Å². The first-order valence-electron chi connectivity index (χ1n) is 9.34. The van der Waals surface area contributed by atoms with E-state index in [1.807, 2.05) is 11.0 Å². The van der Waals surface area contributed by atoms with Crippen molar-refractivity contribution in [3.05, 3.63) is 35.9 Å². The molecular formula is C20H26N2O2S. The van der Waals surface area contributed by atoms with Crippen molar-refractivity contribution in [3.63, 3.8) is 0 Å². The number of nitrogens with zero attached hydrogens (tertiary/aromatic N) is 1. The molecule has 2 saturated heterocycles. The normalized spacial score (nSPS) is 30.5. The minimum Gasteiger partial charge on any atom is -0.353 e. The highest BCUT2D eigenvalue weighted by Gasteiger charge is 2.53. The molecule has 0 bridgehead atoms. The number of hydrogen-bond acceptors (Lipinski definition) is 3. The lowest BCUT2D eigenvalue weighted by Crippen LogP contribution is -2.52. The first kappa shape index (κ1) is 17.0. The van der Waals surface area contributed by atoms with Gasteiger partial charge in [-0.25, -0.2) is 0 Å². The van der Waals surface area contributed by atoms with Crippen LogP contribution >= 0.6 is 11.8 Å². The second-order valence-electron chi connectivity index (χ2n) is 7.84. The van der Waals surface area contributed by atoms with Crippen LogP contribution in [-0.2, 0) is 15.0 Å². The zero-order valence-corrected chi connectivity index (χ0v) is 15.6. The van der Waals surface area contributed by atoms with Gasteiger partial charge in [0.15, 0.2) is 0 Å². The first-order chi connectivity index (χ1) is 12.0.